The smallest absolute Gasteiger partial charge is 0.266 e. The number of aromatic nitrogens is 1. The average molecular weight is 407 g/mol. The van der Waals surface area contributed by atoms with Crippen LogP contribution >= 0.6 is 0 Å². The van der Waals surface area contributed by atoms with Crippen LogP contribution in [0.15, 0.2) is 96.7 Å². The molecule has 31 heavy (non-hydrogen) atoms. The summed E-state index contributed by atoms with van der Waals surface area (Å²) in [6.07, 6.45) is 3.58. The van der Waals surface area contributed by atoms with E-state index in [1.807, 2.05) is 85.1 Å². The Kier molecular flexibility index (Phi) is 6.10. The first kappa shape index (κ1) is 20.0. The number of nitrogens with one attached hydrogen (secondary N) is 1. The molecule has 5 nitrogen and oxygen atoms in total. The second-order valence-corrected chi connectivity index (χ2v) is 6.95. The highest BCUT2D eigenvalue weighted by molar-refractivity contribution is 6.10. The minimum Gasteiger partial charge on any atom is -0.492 e. The Morgan fingerprint density at radius 2 is 1.65 bits per heavy atom. The first-order chi connectivity index (χ1) is 15.2. The van der Waals surface area contributed by atoms with E-state index in [4.69, 9.17) is 4.74 Å². The molecule has 0 aliphatic rings. The molecule has 0 aliphatic carbocycles. The highest BCUT2D eigenvalue weighted by Crippen LogP contribution is 2.24. The van der Waals surface area contributed by atoms with E-state index in [0.717, 1.165) is 22.2 Å². The van der Waals surface area contributed by atoms with E-state index in [1.165, 1.54) is 0 Å². The van der Waals surface area contributed by atoms with Gasteiger partial charge in [0.05, 0.1) is 6.54 Å². The van der Waals surface area contributed by atoms with Crippen molar-refractivity contribution in [1.82, 2.24) is 4.57 Å². The van der Waals surface area contributed by atoms with Gasteiger partial charge in [-0.1, -0.05) is 54.6 Å². The lowest BCUT2D eigenvalue weighted by atomic mass is 10.1. The van der Waals surface area contributed by atoms with Gasteiger partial charge in [-0.2, -0.15) is 5.26 Å². The number of carbonyl (C=O) groups excluding carboxylic acids is 1. The summed E-state index contributed by atoms with van der Waals surface area (Å²) in [5.74, 6) is 0.390. The number of fused-ring (bicyclic) bond motifs is 1. The highest BCUT2D eigenvalue weighted by Gasteiger charge is 2.13. The van der Waals surface area contributed by atoms with Gasteiger partial charge in [0.15, 0.2) is 0 Å². The van der Waals surface area contributed by atoms with Gasteiger partial charge in [0.2, 0.25) is 0 Å². The molecule has 4 rings (SSSR count). The Hall–Kier alpha value is -4.30. The summed E-state index contributed by atoms with van der Waals surface area (Å²) in [4.78, 5) is 12.6. The van der Waals surface area contributed by atoms with Crippen molar-refractivity contribution < 1.29 is 9.53 Å². The van der Waals surface area contributed by atoms with Gasteiger partial charge >= 0.3 is 0 Å². The molecule has 4 aromatic rings. The largest absolute Gasteiger partial charge is 0.492 e. The van der Waals surface area contributed by atoms with Gasteiger partial charge < -0.3 is 14.6 Å². The van der Waals surface area contributed by atoms with Crippen molar-refractivity contribution in [3.05, 3.63) is 102 Å². The van der Waals surface area contributed by atoms with Crippen LogP contribution < -0.4 is 10.1 Å². The van der Waals surface area contributed by atoms with Gasteiger partial charge in [-0.05, 0) is 36.4 Å². The first-order valence-corrected chi connectivity index (χ1v) is 9.98. The SMILES string of the molecule is N#C/C(=C/c1cn(CCOc2ccccc2)c2ccccc12)C(=O)Nc1ccccc1. The summed E-state index contributed by atoms with van der Waals surface area (Å²) in [6, 6.07) is 28.7. The van der Waals surface area contributed by atoms with Crippen LogP contribution in [0, 0.1) is 11.3 Å². The maximum absolute atomic E-state index is 12.6. The number of amides is 1. The van der Waals surface area contributed by atoms with Crippen LogP contribution in [-0.4, -0.2) is 17.1 Å². The van der Waals surface area contributed by atoms with Crippen molar-refractivity contribution in [2.45, 2.75) is 6.54 Å². The molecule has 0 saturated heterocycles. The second-order valence-electron chi connectivity index (χ2n) is 6.95. The molecule has 1 heterocycles. The van der Waals surface area contributed by atoms with Crippen LogP contribution in [0.2, 0.25) is 0 Å². The maximum atomic E-state index is 12.6. The standard InChI is InChI=1S/C26H21N3O2/c27-18-20(26(30)28-22-9-3-1-4-10-22)17-21-19-29(25-14-8-7-13-24(21)25)15-16-31-23-11-5-2-6-12-23/h1-14,17,19H,15-16H2,(H,28,30)/b20-17-. The van der Waals surface area contributed by atoms with E-state index in [0.29, 0.717) is 18.8 Å². The summed E-state index contributed by atoms with van der Waals surface area (Å²) in [6.45, 7) is 1.15. The van der Waals surface area contributed by atoms with Crippen LogP contribution in [0.1, 0.15) is 5.56 Å². The summed E-state index contributed by atoms with van der Waals surface area (Å²) >= 11 is 0. The lowest BCUT2D eigenvalue weighted by molar-refractivity contribution is -0.112. The van der Waals surface area contributed by atoms with E-state index in [-0.39, 0.29) is 5.57 Å². The van der Waals surface area contributed by atoms with E-state index in [2.05, 4.69) is 9.88 Å². The van der Waals surface area contributed by atoms with Crippen LogP contribution in [-0.2, 0) is 11.3 Å². The fourth-order valence-electron chi connectivity index (χ4n) is 3.38. The molecule has 0 radical (unpaired) electrons. The van der Waals surface area contributed by atoms with Crippen LogP contribution in [0.25, 0.3) is 17.0 Å². The topological polar surface area (TPSA) is 67.0 Å². The number of hydrogen-bond donors (Lipinski definition) is 1. The lowest BCUT2D eigenvalue weighted by Crippen LogP contribution is -2.13. The Labute approximate surface area is 180 Å². The fourth-order valence-corrected chi connectivity index (χ4v) is 3.38. The minimum atomic E-state index is -0.432. The Morgan fingerprint density at radius 1 is 0.968 bits per heavy atom. The lowest BCUT2D eigenvalue weighted by Gasteiger charge is -2.08. The number of nitriles is 1. The van der Waals surface area contributed by atoms with Gasteiger partial charge in [0.1, 0.15) is 24.0 Å². The zero-order valence-corrected chi connectivity index (χ0v) is 16.9. The molecule has 1 amide bonds. The molecular formula is C26H21N3O2. The molecule has 0 fully saturated rings. The molecule has 3 aromatic carbocycles. The number of hydrogen-bond acceptors (Lipinski definition) is 3. The Bertz CT molecular complexity index is 1250. The van der Waals surface area contributed by atoms with Gasteiger partial charge in [-0.25, -0.2) is 0 Å². The fraction of sp³-hybridized carbons (Fsp3) is 0.0769. The maximum Gasteiger partial charge on any atom is 0.266 e. The molecule has 5 heteroatoms. The van der Waals surface area contributed by atoms with Crippen molar-refractivity contribution in [3.63, 3.8) is 0 Å². The predicted molar refractivity (Wildman–Crippen MR) is 123 cm³/mol. The third-order valence-corrected chi connectivity index (χ3v) is 4.86. The number of anilines is 1. The molecule has 0 bridgehead atoms. The molecule has 1 N–H and O–H groups in total. The van der Waals surface area contributed by atoms with Crippen molar-refractivity contribution in [3.8, 4) is 11.8 Å². The molecule has 0 atom stereocenters. The number of para-hydroxylation sites is 3. The molecule has 1 aromatic heterocycles. The summed E-state index contributed by atoms with van der Waals surface area (Å²) in [7, 11) is 0. The minimum absolute atomic E-state index is 0.0484. The van der Waals surface area contributed by atoms with Gasteiger partial charge in [-0.3, -0.25) is 4.79 Å². The number of rotatable bonds is 7. The van der Waals surface area contributed by atoms with Gasteiger partial charge in [-0.15, -0.1) is 0 Å². The van der Waals surface area contributed by atoms with E-state index >= 15 is 0 Å². The average Bonchev–Trinajstić information content (AvgIpc) is 3.16. The molecule has 0 unspecified atom stereocenters. The van der Waals surface area contributed by atoms with Crippen LogP contribution in [0.3, 0.4) is 0 Å². The zero-order valence-electron chi connectivity index (χ0n) is 16.9. The quantitative estimate of drug-likeness (QED) is 0.335. The summed E-state index contributed by atoms with van der Waals surface area (Å²) in [5.41, 5.74) is 2.53. The molecule has 0 aliphatic heterocycles. The van der Waals surface area contributed by atoms with Gasteiger partial charge in [0.25, 0.3) is 5.91 Å². The van der Waals surface area contributed by atoms with Gasteiger partial charge in [0, 0.05) is 28.4 Å². The predicted octanol–water partition coefficient (Wildman–Crippen LogP) is 5.27. The van der Waals surface area contributed by atoms with E-state index < -0.39 is 5.91 Å². The second kappa shape index (κ2) is 9.47. The molecule has 0 saturated carbocycles. The first-order valence-electron chi connectivity index (χ1n) is 9.98. The highest BCUT2D eigenvalue weighted by atomic mass is 16.5. The number of nitrogens with zero attached hydrogens (tertiary/aromatic N) is 2. The van der Waals surface area contributed by atoms with Crippen molar-refractivity contribution in [1.29, 1.82) is 5.26 Å². The Morgan fingerprint density at radius 3 is 2.39 bits per heavy atom. The van der Waals surface area contributed by atoms with Crippen molar-refractivity contribution in [2.75, 3.05) is 11.9 Å². The van der Waals surface area contributed by atoms with E-state index in [1.54, 1.807) is 18.2 Å². The van der Waals surface area contributed by atoms with Crippen LogP contribution in [0.5, 0.6) is 5.75 Å². The number of benzene rings is 3. The van der Waals surface area contributed by atoms with E-state index in [9.17, 15) is 10.1 Å². The third-order valence-electron chi connectivity index (χ3n) is 4.86. The molecule has 152 valence electrons. The summed E-state index contributed by atoms with van der Waals surface area (Å²) < 4.78 is 7.90. The normalized spacial score (nSPS) is 11.1. The Balaban J connectivity index is 1.56. The summed E-state index contributed by atoms with van der Waals surface area (Å²) in [5, 5.41) is 13.3. The zero-order chi connectivity index (χ0) is 21.5. The molecule has 0 spiro atoms. The van der Waals surface area contributed by atoms with Crippen LogP contribution in [0.4, 0.5) is 5.69 Å². The molecular weight excluding hydrogens is 386 g/mol. The monoisotopic (exact) mass is 407 g/mol. The third kappa shape index (κ3) is 4.82. The number of ether oxygens (including phenoxy) is 1. The van der Waals surface area contributed by atoms with Crippen molar-refractivity contribution in [2.24, 2.45) is 0 Å². The van der Waals surface area contributed by atoms with Crippen molar-refractivity contribution >= 4 is 28.6 Å². The number of carbonyl (C=O) groups is 1.